The number of hydrogen-bond donors (Lipinski definition) is 0. The highest BCUT2D eigenvalue weighted by Crippen LogP contribution is 2.03. The molecule has 0 spiro atoms. The molecule has 0 aliphatic rings. The van der Waals surface area contributed by atoms with Crippen LogP contribution < -0.4 is 0 Å². The number of hydrogen-bond acceptors (Lipinski definition) is 1. The fraction of sp³-hybridized carbons (Fsp3) is 0.750. The molecular weight excluding hydrogens is 110 g/mol. The standard InChI is InChI=1S/C8H17N/c1-5-7-8(6-2)9(3)4/h7H,5-6H2,1-4H3. The SMILES string of the molecule is CCC=C(CC)N(C)C. The zero-order valence-electron chi connectivity index (χ0n) is 6.94. The van der Waals surface area contributed by atoms with Gasteiger partial charge in [-0.05, 0) is 12.8 Å². The van der Waals surface area contributed by atoms with Crippen molar-refractivity contribution in [2.24, 2.45) is 0 Å². The van der Waals surface area contributed by atoms with Crippen LogP contribution in [-0.4, -0.2) is 19.0 Å². The molecule has 9 heavy (non-hydrogen) atoms. The van der Waals surface area contributed by atoms with Crippen molar-refractivity contribution in [2.45, 2.75) is 26.7 Å². The van der Waals surface area contributed by atoms with Crippen LogP contribution in [0.25, 0.3) is 0 Å². The summed E-state index contributed by atoms with van der Waals surface area (Å²) in [5.41, 5.74) is 1.43. The van der Waals surface area contributed by atoms with Crippen molar-refractivity contribution >= 4 is 0 Å². The maximum Gasteiger partial charge on any atom is 0.00840 e. The van der Waals surface area contributed by atoms with Crippen LogP contribution in [0.2, 0.25) is 0 Å². The van der Waals surface area contributed by atoms with Crippen molar-refractivity contribution in [2.75, 3.05) is 14.1 Å². The molecule has 0 aliphatic carbocycles. The van der Waals surface area contributed by atoms with Gasteiger partial charge in [-0.2, -0.15) is 0 Å². The predicted molar refractivity (Wildman–Crippen MR) is 42.4 cm³/mol. The predicted octanol–water partition coefficient (Wildman–Crippen LogP) is 2.25. The summed E-state index contributed by atoms with van der Waals surface area (Å²) in [5.74, 6) is 0. The Hall–Kier alpha value is -0.460. The van der Waals surface area contributed by atoms with Crippen LogP contribution in [0.5, 0.6) is 0 Å². The van der Waals surface area contributed by atoms with E-state index in [2.05, 4.69) is 38.9 Å². The maximum absolute atomic E-state index is 2.26. The van der Waals surface area contributed by atoms with Crippen molar-refractivity contribution in [3.8, 4) is 0 Å². The van der Waals surface area contributed by atoms with E-state index in [9.17, 15) is 0 Å². The molecule has 0 saturated carbocycles. The molecule has 0 aromatic rings. The molecular formula is C8H17N. The molecule has 0 fully saturated rings. The summed E-state index contributed by atoms with van der Waals surface area (Å²) in [6.07, 6.45) is 4.54. The number of nitrogens with zero attached hydrogens (tertiary/aromatic N) is 1. The minimum Gasteiger partial charge on any atom is -0.381 e. The van der Waals surface area contributed by atoms with Gasteiger partial charge < -0.3 is 4.90 Å². The topological polar surface area (TPSA) is 3.24 Å². The molecule has 0 amide bonds. The monoisotopic (exact) mass is 127 g/mol. The van der Waals surface area contributed by atoms with Crippen molar-refractivity contribution < 1.29 is 0 Å². The van der Waals surface area contributed by atoms with Gasteiger partial charge in [0.15, 0.2) is 0 Å². The largest absolute Gasteiger partial charge is 0.381 e. The third-order valence-corrected chi connectivity index (χ3v) is 1.38. The van der Waals surface area contributed by atoms with Gasteiger partial charge in [0.05, 0.1) is 0 Å². The highest BCUT2D eigenvalue weighted by atomic mass is 15.1. The molecule has 0 atom stereocenters. The lowest BCUT2D eigenvalue weighted by atomic mass is 10.3. The Bertz CT molecular complexity index is 92.7. The van der Waals surface area contributed by atoms with Crippen LogP contribution >= 0.6 is 0 Å². The summed E-state index contributed by atoms with van der Waals surface area (Å²) >= 11 is 0. The molecule has 0 rings (SSSR count). The average molecular weight is 127 g/mol. The Morgan fingerprint density at radius 1 is 1.33 bits per heavy atom. The van der Waals surface area contributed by atoms with Crippen LogP contribution in [0.4, 0.5) is 0 Å². The first kappa shape index (κ1) is 8.54. The Morgan fingerprint density at radius 3 is 2.00 bits per heavy atom. The van der Waals surface area contributed by atoms with Gasteiger partial charge in [-0.3, -0.25) is 0 Å². The summed E-state index contributed by atoms with van der Waals surface area (Å²) < 4.78 is 0. The quantitative estimate of drug-likeness (QED) is 0.562. The van der Waals surface area contributed by atoms with E-state index < -0.39 is 0 Å². The Labute approximate surface area is 58.4 Å². The van der Waals surface area contributed by atoms with Gasteiger partial charge in [0.2, 0.25) is 0 Å². The van der Waals surface area contributed by atoms with E-state index >= 15 is 0 Å². The Kier molecular flexibility index (Phi) is 4.20. The number of rotatable bonds is 3. The Balaban J connectivity index is 3.81. The summed E-state index contributed by atoms with van der Waals surface area (Å²) in [5, 5.41) is 0. The van der Waals surface area contributed by atoms with E-state index in [1.54, 1.807) is 0 Å². The van der Waals surface area contributed by atoms with Gasteiger partial charge >= 0.3 is 0 Å². The molecule has 0 aliphatic heterocycles. The van der Waals surface area contributed by atoms with Gasteiger partial charge in [0.25, 0.3) is 0 Å². The van der Waals surface area contributed by atoms with Crippen LogP contribution in [0, 0.1) is 0 Å². The summed E-state index contributed by atoms with van der Waals surface area (Å²) in [4.78, 5) is 2.17. The molecule has 0 radical (unpaired) electrons. The summed E-state index contributed by atoms with van der Waals surface area (Å²) in [6.45, 7) is 4.35. The molecule has 1 heteroatoms. The molecule has 0 bridgehead atoms. The highest BCUT2D eigenvalue weighted by Gasteiger charge is 1.91. The zero-order valence-corrected chi connectivity index (χ0v) is 6.94. The van der Waals surface area contributed by atoms with Gasteiger partial charge in [-0.15, -0.1) is 0 Å². The highest BCUT2D eigenvalue weighted by molar-refractivity contribution is 4.97. The first-order chi connectivity index (χ1) is 4.22. The first-order valence-corrected chi connectivity index (χ1v) is 3.58. The van der Waals surface area contributed by atoms with Crippen molar-refractivity contribution in [1.29, 1.82) is 0 Å². The third kappa shape index (κ3) is 3.17. The molecule has 54 valence electrons. The van der Waals surface area contributed by atoms with E-state index in [0.717, 1.165) is 12.8 Å². The van der Waals surface area contributed by atoms with Gasteiger partial charge in [0, 0.05) is 19.8 Å². The molecule has 1 nitrogen and oxygen atoms in total. The summed E-state index contributed by atoms with van der Waals surface area (Å²) in [6, 6.07) is 0. The average Bonchev–Trinajstić information content (AvgIpc) is 1.82. The van der Waals surface area contributed by atoms with E-state index in [1.807, 2.05) is 0 Å². The third-order valence-electron chi connectivity index (χ3n) is 1.38. The van der Waals surface area contributed by atoms with Crippen molar-refractivity contribution in [3.05, 3.63) is 11.8 Å². The molecule has 0 N–H and O–H groups in total. The molecule has 0 aromatic carbocycles. The van der Waals surface area contributed by atoms with E-state index in [4.69, 9.17) is 0 Å². The minimum atomic E-state index is 1.14. The molecule has 0 aromatic heterocycles. The zero-order chi connectivity index (χ0) is 7.28. The fourth-order valence-corrected chi connectivity index (χ4v) is 0.879. The van der Waals surface area contributed by atoms with Crippen molar-refractivity contribution in [3.63, 3.8) is 0 Å². The van der Waals surface area contributed by atoms with Gasteiger partial charge in [-0.25, -0.2) is 0 Å². The maximum atomic E-state index is 2.26. The second-order valence-electron chi connectivity index (χ2n) is 2.35. The molecule has 0 unspecified atom stereocenters. The van der Waals surface area contributed by atoms with E-state index in [1.165, 1.54) is 5.70 Å². The lowest BCUT2D eigenvalue weighted by molar-refractivity contribution is 0.491. The second-order valence-corrected chi connectivity index (χ2v) is 2.35. The number of allylic oxidation sites excluding steroid dienone is 2. The van der Waals surface area contributed by atoms with Crippen LogP contribution in [-0.2, 0) is 0 Å². The molecule has 0 saturated heterocycles. The first-order valence-electron chi connectivity index (χ1n) is 3.58. The van der Waals surface area contributed by atoms with Crippen LogP contribution in [0.1, 0.15) is 26.7 Å². The molecule has 0 heterocycles. The minimum absolute atomic E-state index is 1.14. The second kappa shape index (κ2) is 4.42. The lowest BCUT2D eigenvalue weighted by Crippen LogP contribution is -2.09. The van der Waals surface area contributed by atoms with Crippen molar-refractivity contribution in [1.82, 2.24) is 4.90 Å². The Morgan fingerprint density at radius 2 is 1.89 bits per heavy atom. The fourth-order valence-electron chi connectivity index (χ4n) is 0.879. The van der Waals surface area contributed by atoms with Crippen LogP contribution in [0.3, 0.4) is 0 Å². The van der Waals surface area contributed by atoms with Crippen LogP contribution in [0.15, 0.2) is 11.8 Å². The smallest absolute Gasteiger partial charge is 0.00840 e. The van der Waals surface area contributed by atoms with Gasteiger partial charge in [0.1, 0.15) is 0 Å². The van der Waals surface area contributed by atoms with E-state index in [-0.39, 0.29) is 0 Å². The van der Waals surface area contributed by atoms with E-state index in [0.29, 0.717) is 0 Å². The van der Waals surface area contributed by atoms with Gasteiger partial charge in [-0.1, -0.05) is 19.9 Å². The summed E-state index contributed by atoms with van der Waals surface area (Å²) in [7, 11) is 4.18. The lowest BCUT2D eigenvalue weighted by Gasteiger charge is -2.14. The normalized spacial score (nSPS) is 11.8.